The van der Waals surface area contributed by atoms with E-state index >= 15 is 0 Å². The molecule has 0 spiro atoms. The van der Waals surface area contributed by atoms with Crippen molar-refractivity contribution in [2.45, 2.75) is 19.4 Å². The van der Waals surface area contributed by atoms with Gasteiger partial charge < -0.3 is 0 Å². The molecule has 1 atom stereocenters. The number of nitriles is 1. The van der Waals surface area contributed by atoms with Crippen molar-refractivity contribution in [2.75, 3.05) is 0 Å². The van der Waals surface area contributed by atoms with Crippen molar-refractivity contribution in [3.8, 4) is 18.4 Å². The summed E-state index contributed by atoms with van der Waals surface area (Å²) in [4.78, 5) is 0. The first kappa shape index (κ1) is 8.36. The molecule has 1 aromatic rings. The largest absolute Gasteiger partial charge is 0.260 e. The van der Waals surface area contributed by atoms with Crippen LogP contribution in [0.25, 0.3) is 0 Å². The maximum atomic E-state index is 8.60. The van der Waals surface area contributed by atoms with Gasteiger partial charge in [-0.25, -0.2) is 0 Å². The standard InChI is InChI=1S/C9H9N3/c1-3-4-12-7-9(6-11-12)8(2)5-10/h1,6-8H,4H2,2H3. The van der Waals surface area contributed by atoms with E-state index in [2.05, 4.69) is 17.1 Å². The van der Waals surface area contributed by atoms with Crippen LogP contribution in [0.15, 0.2) is 12.4 Å². The second-order valence-electron chi connectivity index (χ2n) is 2.53. The SMILES string of the molecule is C#CCn1cc(C(C)C#N)cn1. The average Bonchev–Trinajstić information content (AvgIpc) is 2.52. The van der Waals surface area contributed by atoms with Gasteiger partial charge in [-0.3, -0.25) is 4.68 Å². The van der Waals surface area contributed by atoms with Crippen molar-refractivity contribution in [1.82, 2.24) is 9.78 Å². The zero-order valence-electron chi connectivity index (χ0n) is 6.86. The van der Waals surface area contributed by atoms with Crippen LogP contribution in [0.2, 0.25) is 0 Å². The van der Waals surface area contributed by atoms with E-state index in [1.54, 1.807) is 17.1 Å². The van der Waals surface area contributed by atoms with Gasteiger partial charge in [0.1, 0.15) is 6.54 Å². The van der Waals surface area contributed by atoms with Gasteiger partial charge in [-0.15, -0.1) is 6.42 Å². The number of hydrogen-bond acceptors (Lipinski definition) is 2. The highest BCUT2D eigenvalue weighted by atomic mass is 15.3. The molecule has 1 unspecified atom stereocenters. The molecule has 0 saturated carbocycles. The van der Waals surface area contributed by atoms with Gasteiger partial charge in [0.2, 0.25) is 0 Å². The number of aromatic nitrogens is 2. The molecule has 0 amide bonds. The highest BCUT2D eigenvalue weighted by Gasteiger charge is 2.05. The predicted octanol–water partition coefficient (Wildman–Crippen LogP) is 1.14. The fourth-order valence-corrected chi connectivity index (χ4v) is 0.858. The first-order chi connectivity index (χ1) is 5.77. The normalized spacial score (nSPS) is 11.6. The van der Waals surface area contributed by atoms with E-state index in [9.17, 15) is 0 Å². The summed E-state index contributed by atoms with van der Waals surface area (Å²) in [5.41, 5.74) is 0.910. The Morgan fingerprint density at radius 1 is 1.83 bits per heavy atom. The van der Waals surface area contributed by atoms with Gasteiger partial charge in [0.05, 0.1) is 18.2 Å². The van der Waals surface area contributed by atoms with Crippen LogP contribution in [0.4, 0.5) is 0 Å². The fourth-order valence-electron chi connectivity index (χ4n) is 0.858. The number of hydrogen-bond donors (Lipinski definition) is 0. The van der Waals surface area contributed by atoms with E-state index in [0.29, 0.717) is 6.54 Å². The monoisotopic (exact) mass is 159 g/mol. The Morgan fingerprint density at radius 3 is 3.17 bits per heavy atom. The fraction of sp³-hybridized carbons (Fsp3) is 0.333. The topological polar surface area (TPSA) is 41.6 Å². The lowest BCUT2D eigenvalue weighted by Crippen LogP contribution is -1.94. The molecule has 3 heteroatoms. The number of rotatable bonds is 2. The van der Waals surface area contributed by atoms with Crippen LogP contribution >= 0.6 is 0 Å². The van der Waals surface area contributed by atoms with Crippen LogP contribution < -0.4 is 0 Å². The number of nitrogens with zero attached hydrogens (tertiary/aromatic N) is 3. The Bertz CT molecular complexity index is 337. The van der Waals surface area contributed by atoms with Crippen molar-refractivity contribution in [2.24, 2.45) is 0 Å². The molecule has 1 rings (SSSR count). The molecular formula is C9H9N3. The van der Waals surface area contributed by atoms with Crippen molar-refractivity contribution >= 4 is 0 Å². The molecule has 0 aromatic carbocycles. The Balaban J connectivity index is 2.80. The summed E-state index contributed by atoms with van der Waals surface area (Å²) in [5, 5.41) is 12.6. The summed E-state index contributed by atoms with van der Waals surface area (Å²) >= 11 is 0. The molecule has 0 aliphatic heterocycles. The lowest BCUT2D eigenvalue weighted by Gasteiger charge is -1.94. The Morgan fingerprint density at radius 2 is 2.58 bits per heavy atom. The van der Waals surface area contributed by atoms with Crippen LogP contribution in [0.1, 0.15) is 18.4 Å². The zero-order valence-corrected chi connectivity index (χ0v) is 6.86. The molecule has 3 nitrogen and oxygen atoms in total. The summed E-state index contributed by atoms with van der Waals surface area (Å²) in [6.45, 7) is 2.29. The van der Waals surface area contributed by atoms with E-state index in [1.807, 2.05) is 6.92 Å². The van der Waals surface area contributed by atoms with Crippen LogP contribution in [0.5, 0.6) is 0 Å². The first-order valence-corrected chi connectivity index (χ1v) is 3.63. The summed E-state index contributed by atoms with van der Waals surface area (Å²) in [6.07, 6.45) is 8.57. The lowest BCUT2D eigenvalue weighted by atomic mass is 10.1. The van der Waals surface area contributed by atoms with E-state index in [-0.39, 0.29) is 5.92 Å². The molecule has 0 aliphatic carbocycles. The van der Waals surface area contributed by atoms with Gasteiger partial charge >= 0.3 is 0 Å². The summed E-state index contributed by atoms with van der Waals surface area (Å²) in [5.74, 6) is 2.36. The third-order valence-corrected chi connectivity index (χ3v) is 1.60. The summed E-state index contributed by atoms with van der Waals surface area (Å²) in [6, 6.07) is 2.13. The molecule has 60 valence electrons. The summed E-state index contributed by atoms with van der Waals surface area (Å²) < 4.78 is 1.64. The molecule has 0 bridgehead atoms. The van der Waals surface area contributed by atoms with Gasteiger partial charge in [0, 0.05) is 11.8 Å². The third kappa shape index (κ3) is 1.65. The molecule has 0 N–H and O–H groups in total. The second-order valence-corrected chi connectivity index (χ2v) is 2.53. The lowest BCUT2D eigenvalue weighted by molar-refractivity contribution is 0.714. The minimum absolute atomic E-state index is 0.114. The second kappa shape index (κ2) is 3.59. The van der Waals surface area contributed by atoms with E-state index in [4.69, 9.17) is 11.7 Å². The summed E-state index contributed by atoms with van der Waals surface area (Å²) in [7, 11) is 0. The zero-order chi connectivity index (χ0) is 8.97. The third-order valence-electron chi connectivity index (χ3n) is 1.60. The molecule has 0 aliphatic rings. The van der Waals surface area contributed by atoms with Gasteiger partial charge in [-0.2, -0.15) is 10.4 Å². The Hall–Kier alpha value is -1.74. The van der Waals surface area contributed by atoms with E-state index in [1.165, 1.54) is 0 Å². The molecule has 0 saturated heterocycles. The van der Waals surface area contributed by atoms with Crippen LogP contribution in [0.3, 0.4) is 0 Å². The van der Waals surface area contributed by atoms with Gasteiger partial charge in [0.15, 0.2) is 0 Å². The average molecular weight is 159 g/mol. The van der Waals surface area contributed by atoms with Gasteiger partial charge in [0.25, 0.3) is 0 Å². The quantitative estimate of drug-likeness (QED) is 0.607. The van der Waals surface area contributed by atoms with Gasteiger partial charge in [-0.05, 0) is 6.92 Å². The van der Waals surface area contributed by atoms with Crippen LogP contribution in [-0.2, 0) is 6.54 Å². The maximum Gasteiger partial charge on any atom is 0.101 e. The highest BCUT2D eigenvalue weighted by molar-refractivity contribution is 5.17. The van der Waals surface area contributed by atoms with Crippen LogP contribution in [0, 0.1) is 23.7 Å². The Labute approximate surface area is 71.6 Å². The van der Waals surface area contributed by atoms with Crippen molar-refractivity contribution in [1.29, 1.82) is 5.26 Å². The van der Waals surface area contributed by atoms with Crippen molar-refractivity contribution in [3.63, 3.8) is 0 Å². The smallest absolute Gasteiger partial charge is 0.101 e. The molecular weight excluding hydrogens is 150 g/mol. The molecule has 0 fully saturated rings. The van der Waals surface area contributed by atoms with Gasteiger partial charge in [-0.1, -0.05) is 5.92 Å². The molecule has 1 heterocycles. The van der Waals surface area contributed by atoms with E-state index < -0.39 is 0 Å². The number of terminal acetylenes is 1. The first-order valence-electron chi connectivity index (χ1n) is 3.63. The van der Waals surface area contributed by atoms with E-state index in [0.717, 1.165) is 5.56 Å². The van der Waals surface area contributed by atoms with Crippen LogP contribution in [-0.4, -0.2) is 9.78 Å². The van der Waals surface area contributed by atoms with Crippen molar-refractivity contribution in [3.05, 3.63) is 18.0 Å². The Kier molecular flexibility index (Phi) is 2.50. The minimum Gasteiger partial charge on any atom is -0.260 e. The van der Waals surface area contributed by atoms with Crippen molar-refractivity contribution < 1.29 is 0 Å². The highest BCUT2D eigenvalue weighted by Crippen LogP contribution is 2.11. The minimum atomic E-state index is -0.114. The predicted molar refractivity (Wildman–Crippen MR) is 45.1 cm³/mol. The molecule has 1 aromatic heterocycles. The molecule has 12 heavy (non-hydrogen) atoms. The maximum absolute atomic E-state index is 8.60. The molecule has 0 radical (unpaired) electrons.